The molecular formula is C23H26N6O2. The van der Waals surface area contributed by atoms with E-state index in [0.717, 1.165) is 59.8 Å². The molecule has 4 aromatic rings. The van der Waals surface area contributed by atoms with Crippen LogP contribution in [0.3, 0.4) is 0 Å². The summed E-state index contributed by atoms with van der Waals surface area (Å²) in [6.45, 7) is 2.84. The molecule has 0 saturated heterocycles. The van der Waals surface area contributed by atoms with E-state index in [4.69, 9.17) is 9.47 Å². The monoisotopic (exact) mass is 418 g/mol. The first-order chi connectivity index (χ1) is 15.2. The third-order valence-electron chi connectivity index (χ3n) is 5.93. The van der Waals surface area contributed by atoms with Gasteiger partial charge in [-0.15, -0.1) is 5.10 Å². The number of hydrogen-bond donors (Lipinski definition) is 1. The van der Waals surface area contributed by atoms with E-state index in [1.807, 2.05) is 35.1 Å². The summed E-state index contributed by atoms with van der Waals surface area (Å²) in [4.78, 5) is 13.1. The summed E-state index contributed by atoms with van der Waals surface area (Å²) < 4.78 is 13.0. The minimum Gasteiger partial charge on any atom is -0.480 e. The van der Waals surface area contributed by atoms with Gasteiger partial charge in [-0.25, -0.2) is 19.5 Å². The lowest BCUT2D eigenvalue weighted by Crippen LogP contribution is -2.30. The van der Waals surface area contributed by atoms with Gasteiger partial charge in [-0.2, -0.15) is 0 Å². The molecule has 160 valence electrons. The lowest BCUT2D eigenvalue weighted by atomic mass is 9.93. The Morgan fingerprint density at radius 1 is 1.10 bits per heavy atom. The Morgan fingerprint density at radius 3 is 2.77 bits per heavy atom. The second-order valence-corrected chi connectivity index (χ2v) is 7.83. The van der Waals surface area contributed by atoms with Gasteiger partial charge >= 0.3 is 0 Å². The highest BCUT2D eigenvalue weighted by Crippen LogP contribution is 2.31. The van der Waals surface area contributed by atoms with Crippen molar-refractivity contribution in [2.75, 3.05) is 19.0 Å². The number of nitrogens with zero attached hydrogens (tertiary/aromatic N) is 5. The number of fused-ring (bicyclic) bond motifs is 2. The van der Waals surface area contributed by atoms with E-state index in [-0.39, 0.29) is 0 Å². The number of nitrogens with one attached hydrogen (secondary N) is 1. The van der Waals surface area contributed by atoms with Crippen LogP contribution in [0.25, 0.3) is 27.5 Å². The Labute approximate surface area is 180 Å². The zero-order valence-electron chi connectivity index (χ0n) is 17.8. The minimum atomic E-state index is 0.386. The van der Waals surface area contributed by atoms with Crippen LogP contribution < -0.4 is 10.1 Å². The molecule has 0 spiro atoms. The van der Waals surface area contributed by atoms with Crippen molar-refractivity contribution < 1.29 is 9.47 Å². The molecular weight excluding hydrogens is 392 g/mol. The summed E-state index contributed by atoms with van der Waals surface area (Å²) in [5, 5.41) is 9.05. The summed E-state index contributed by atoms with van der Waals surface area (Å²) in [6.07, 6.45) is 10.1. The van der Waals surface area contributed by atoms with E-state index in [2.05, 4.69) is 38.4 Å². The smallest absolute Gasteiger partial charge is 0.241 e. The number of benzene rings is 1. The summed E-state index contributed by atoms with van der Waals surface area (Å²) in [7, 11) is 1.62. The number of ether oxygens (including phenoxy) is 2. The summed E-state index contributed by atoms with van der Waals surface area (Å²) in [5.74, 6) is 1.22. The molecule has 0 bridgehead atoms. The number of anilines is 1. The predicted octanol–water partition coefficient (Wildman–Crippen LogP) is 4.11. The molecule has 8 heteroatoms. The summed E-state index contributed by atoms with van der Waals surface area (Å²) in [5.41, 5.74) is 3.89. The van der Waals surface area contributed by atoms with Crippen molar-refractivity contribution in [3.63, 3.8) is 0 Å². The van der Waals surface area contributed by atoms with Crippen LogP contribution >= 0.6 is 0 Å². The lowest BCUT2D eigenvalue weighted by Gasteiger charge is -2.28. The maximum absolute atomic E-state index is 5.75. The van der Waals surface area contributed by atoms with Crippen LogP contribution in [0, 0.1) is 0 Å². The highest BCUT2D eigenvalue weighted by atomic mass is 16.5. The predicted molar refractivity (Wildman–Crippen MR) is 119 cm³/mol. The van der Waals surface area contributed by atoms with Gasteiger partial charge < -0.3 is 14.8 Å². The summed E-state index contributed by atoms with van der Waals surface area (Å²) >= 11 is 0. The van der Waals surface area contributed by atoms with Gasteiger partial charge in [0.15, 0.2) is 0 Å². The van der Waals surface area contributed by atoms with E-state index >= 15 is 0 Å². The Bertz CT molecular complexity index is 1200. The van der Waals surface area contributed by atoms with Gasteiger partial charge in [0.25, 0.3) is 0 Å². The van der Waals surface area contributed by atoms with Crippen molar-refractivity contribution in [2.24, 2.45) is 0 Å². The SMILES string of the molecule is CCO[C@H]1CC[C@@H](Nc2ncc3c(-c4ccc5ncnc(OC)c5c4)ccn3n2)CC1. The zero-order valence-corrected chi connectivity index (χ0v) is 17.8. The van der Waals surface area contributed by atoms with Crippen molar-refractivity contribution >= 4 is 22.4 Å². The Hall–Kier alpha value is -3.26. The molecule has 1 aromatic carbocycles. The van der Waals surface area contributed by atoms with Gasteiger partial charge in [-0.3, -0.25) is 0 Å². The van der Waals surface area contributed by atoms with Crippen LogP contribution in [0.2, 0.25) is 0 Å². The fourth-order valence-electron chi connectivity index (χ4n) is 4.37. The van der Waals surface area contributed by atoms with E-state index in [9.17, 15) is 0 Å². The van der Waals surface area contributed by atoms with Crippen molar-refractivity contribution in [2.45, 2.75) is 44.8 Å². The third kappa shape index (κ3) is 3.90. The molecule has 5 rings (SSSR count). The number of methoxy groups -OCH3 is 1. The Morgan fingerprint density at radius 2 is 1.97 bits per heavy atom. The largest absolute Gasteiger partial charge is 0.480 e. The number of aromatic nitrogens is 5. The molecule has 1 aliphatic rings. The average molecular weight is 419 g/mol. The van der Waals surface area contributed by atoms with Crippen LogP contribution in [0.15, 0.2) is 43.0 Å². The molecule has 0 radical (unpaired) electrons. The second-order valence-electron chi connectivity index (χ2n) is 7.83. The molecule has 8 nitrogen and oxygen atoms in total. The van der Waals surface area contributed by atoms with Crippen molar-refractivity contribution in [1.82, 2.24) is 24.6 Å². The van der Waals surface area contributed by atoms with Gasteiger partial charge in [0.1, 0.15) is 6.33 Å². The molecule has 0 aliphatic heterocycles. The van der Waals surface area contributed by atoms with Gasteiger partial charge in [0.2, 0.25) is 11.8 Å². The zero-order chi connectivity index (χ0) is 21.2. The molecule has 1 saturated carbocycles. The third-order valence-corrected chi connectivity index (χ3v) is 5.93. The fourth-order valence-corrected chi connectivity index (χ4v) is 4.37. The minimum absolute atomic E-state index is 0.386. The molecule has 1 aliphatic carbocycles. The molecule has 0 unspecified atom stereocenters. The molecule has 1 N–H and O–H groups in total. The van der Waals surface area contributed by atoms with E-state index < -0.39 is 0 Å². The molecule has 3 aromatic heterocycles. The highest BCUT2D eigenvalue weighted by molar-refractivity contribution is 5.91. The van der Waals surface area contributed by atoms with Crippen molar-refractivity contribution in [1.29, 1.82) is 0 Å². The van der Waals surface area contributed by atoms with E-state index in [1.54, 1.807) is 7.11 Å². The van der Waals surface area contributed by atoms with Gasteiger partial charge in [-0.1, -0.05) is 6.07 Å². The number of hydrogen-bond acceptors (Lipinski definition) is 7. The first-order valence-corrected chi connectivity index (χ1v) is 10.8. The molecule has 31 heavy (non-hydrogen) atoms. The fraction of sp³-hybridized carbons (Fsp3) is 0.391. The normalized spacial score (nSPS) is 19.0. The summed E-state index contributed by atoms with van der Waals surface area (Å²) in [6, 6.07) is 8.52. The van der Waals surface area contributed by atoms with Crippen LogP contribution in [-0.4, -0.2) is 50.4 Å². The van der Waals surface area contributed by atoms with Crippen molar-refractivity contribution in [3.8, 4) is 17.0 Å². The molecule has 0 atom stereocenters. The lowest BCUT2D eigenvalue weighted by molar-refractivity contribution is 0.0346. The van der Waals surface area contributed by atoms with Gasteiger partial charge in [0, 0.05) is 24.4 Å². The maximum Gasteiger partial charge on any atom is 0.241 e. The standard InChI is InChI=1S/C23H26N6O2/c1-3-31-17-7-5-16(6-8-17)27-23-24-13-21-18(10-11-29(21)28-23)15-4-9-20-19(12-15)22(30-2)26-14-25-20/h4,9-14,16-17H,3,5-8H2,1-2H3,(H,27,28)/t16-,17+. The molecule has 0 amide bonds. The highest BCUT2D eigenvalue weighted by Gasteiger charge is 2.22. The van der Waals surface area contributed by atoms with Gasteiger partial charge in [0.05, 0.1) is 35.8 Å². The topological polar surface area (TPSA) is 86.5 Å². The Balaban J connectivity index is 1.38. The van der Waals surface area contributed by atoms with Crippen molar-refractivity contribution in [3.05, 3.63) is 43.0 Å². The van der Waals surface area contributed by atoms with E-state index in [0.29, 0.717) is 24.0 Å². The van der Waals surface area contributed by atoms with Crippen LogP contribution in [0.4, 0.5) is 5.95 Å². The average Bonchev–Trinajstić information content (AvgIpc) is 3.23. The molecule has 3 heterocycles. The quantitative estimate of drug-likeness (QED) is 0.504. The van der Waals surface area contributed by atoms with E-state index in [1.165, 1.54) is 6.33 Å². The first kappa shape index (κ1) is 19.7. The van der Waals surface area contributed by atoms with Crippen LogP contribution in [-0.2, 0) is 4.74 Å². The number of rotatable bonds is 6. The van der Waals surface area contributed by atoms with Crippen LogP contribution in [0.1, 0.15) is 32.6 Å². The van der Waals surface area contributed by atoms with Gasteiger partial charge in [-0.05, 0) is 56.4 Å². The first-order valence-electron chi connectivity index (χ1n) is 10.8. The van der Waals surface area contributed by atoms with Crippen LogP contribution in [0.5, 0.6) is 5.88 Å². The maximum atomic E-state index is 5.75. The second kappa shape index (κ2) is 8.47. The molecule has 1 fully saturated rings. The Kier molecular flexibility index (Phi) is 5.38.